The first-order valence-electron chi connectivity index (χ1n) is 6.78. The van der Waals surface area contributed by atoms with Crippen molar-refractivity contribution in [1.82, 2.24) is 19.4 Å². The molecule has 1 aliphatic heterocycles. The maximum absolute atomic E-state index is 6.07. The summed E-state index contributed by atoms with van der Waals surface area (Å²) in [6.45, 7) is 4.24. The van der Waals surface area contributed by atoms with E-state index in [4.69, 9.17) is 11.6 Å². The molecule has 1 aliphatic rings. The Morgan fingerprint density at radius 2 is 2.21 bits per heavy atom. The first kappa shape index (κ1) is 12.9. The maximum Gasteiger partial charge on any atom is 0.160 e. The van der Waals surface area contributed by atoms with Crippen molar-refractivity contribution < 1.29 is 0 Å². The number of nitrogens with zero attached hydrogens (tertiary/aromatic N) is 4. The quantitative estimate of drug-likeness (QED) is 0.792. The van der Waals surface area contributed by atoms with Crippen LogP contribution in [-0.2, 0) is 5.88 Å². The van der Waals surface area contributed by atoms with Gasteiger partial charge in [0.2, 0.25) is 0 Å². The van der Waals surface area contributed by atoms with E-state index in [-0.39, 0.29) is 0 Å². The monoisotopic (exact) mass is 278 g/mol. The van der Waals surface area contributed by atoms with Crippen LogP contribution in [0.1, 0.15) is 30.4 Å². The van der Waals surface area contributed by atoms with Crippen LogP contribution in [0.3, 0.4) is 0 Å². The Morgan fingerprint density at radius 1 is 1.37 bits per heavy atom. The largest absolute Gasteiger partial charge is 0.307 e. The van der Waals surface area contributed by atoms with E-state index < -0.39 is 0 Å². The van der Waals surface area contributed by atoms with Crippen molar-refractivity contribution in [2.75, 3.05) is 20.1 Å². The van der Waals surface area contributed by atoms with Gasteiger partial charge in [-0.2, -0.15) is 0 Å². The van der Waals surface area contributed by atoms with E-state index >= 15 is 0 Å². The normalized spacial score (nSPS) is 21.1. The molecule has 4 nitrogen and oxygen atoms in total. The van der Waals surface area contributed by atoms with Gasteiger partial charge in [-0.15, -0.1) is 11.6 Å². The lowest BCUT2D eigenvalue weighted by Gasteiger charge is -2.31. The van der Waals surface area contributed by atoms with Crippen molar-refractivity contribution in [3.63, 3.8) is 0 Å². The Hall–Kier alpha value is -1.13. The Bertz CT molecular complexity index is 592. The Labute approximate surface area is 118 Å². The predicted octanol–water partition coefficient (Wildman–Crippen LogP) is 2.75. The summed E-state index contributed by atoms with van der Waals surface area (Å²) in [4.78, 5) is 11.7. The van der Waals surface area contributed by atoms with Gasteiger partial charge < -0.3 is 9.47 Å². The summed E-state index contributed by atoms with van der Waals surface area (Å²) in [5.74, 6) is 1.38. The number of hydrogen-bond donors (Lipinski definition) is 0. The summed E-state index contributed by atoms with van der Waals surface area (Å²) in [5, 5.41) is 0. The number of likely N-dealkylation sites (tertiary alicyclic amines) is 1. The van der Waals surface area contributed by atoms with Gasteiger partial charge in [-0.1, -0.05) is 0 Å². The third kappa shape index (κ3) is 2.35. The molecule has 0 aromatic carbocycles. The molecular weight excluding hydrogens is 260 g/mol. The number of rotatable bonds is 2. The number of aromatic nitrogens is 3. The zero-order chi connectivity index (χ0) is 13.4. The van der Waals surface area contributed by atoms with Crippen LogP contribution >= 0.6 is 11.6 Å². The molecular formula is C14H19ClN4. The molecule has 2 aromatic rings. The summed E-state index contributed by atoms with van der Waals surface area (Å²) < 4.78 is 2.25. The maximum atomic E-state index is 6.07. The fourth-order valence-corrected chi connectivity index (χ4v) is 3.13. The number of piperidine rings is 1. The van der Waals surface area contributed by atoms with Crippen LogP contribution in [0, 0.1) is 6.92 Å². The van der Waals surface area contributed by atoms with E-state index in [1.54, 1.807) is 0 Å². The van der Waals surface area contributed by atoms with Gasteiger partial charge in [0.25, 0.3) is 0 Å². The van der Waals surface area contributed by atoms with E-state index in [2.05, 4.69) is 26.5 Å². The standard InChI is InChI=1S/C14H19ClN4/c1-10-5-6-12-14(16-10)19(13(8-15)17-12)11-4-3-7-18(2)9-11/h5-6,11H,3-4,7-9H2,1-2H3. The molecule has 3 heterocycles. The van der Waals surface area contributed by atoms with Crippen molar-refractivity contribution in [1.29, 1.82) is 0 Å². The van der Waals surface area contributed by atoms with E-state index in [1.165, 1.54) is 19.4 Å². The molecule has 0 radical (unpaired) electrons. The zero-order valence-corrected chi connectivity index (χ0v) is 12.2. The molecule has 1 saturated heterocycles. The van der Waals surface area contributed by atoms with E-state index in [1.807, 2.05) is 19.1 Å². The molecule has 2 aromatic heterocycles. The highest BCUT2D eigenvalue weighted by molar-refractivity contribution is 6.16. The number of hydrogen-bond acceptors (Lipinski definition) is 3. The summed E-state index contributed by atoms with van der Waals surface area (Å²) in [5.41, 5.74) is 2.96. The van der Waals surface area contributed by atoms with Crippen LogP contribution in [0.15, 0.2) is 12.1 Å². The minimum absolute atomic E-state index is 0.437. The highest BCUT2D eigenvalue weighted by Gasteiger charge is 2.23. The van der Waals surface area contributed by atoms with Crippen LogP contribution < -0.4 is 0 Å². The lowest BCUT2D eigenvalue weighted by atomic mass is 10.1. The van der Waals surface area contributed by atoms with Crippen molar-refractivity contribution in [3.05, 3.63) is 23.7 Å². The number of aryl methyl sites for hydroxylation is 1. The molecule has 0 amide bonds. The van der Waals surface area contributed by atoms with Crippen molar-refractivity contribution in [3.8, 4) is 0 Å². The first-order valence-corrected chi connectivity index (χ1v) is 7.31. The summed E-state index contributed by atoms with van der Waals surface area (Å²) in [7, 11) is 2.17. The van der Waals surface area contributed by atoms with Crippen LogP contribution in [0.4, 0.5) is 0 Å². The van der Waals surface area contributed by atoms with Crippen LogP contribution in [0.5, 0.6) is 0 Å². The van der Waals surface area contributed by atoms with Gasteiger partial charge in [0.1, 0.15) is 11.3 Å². The number of likely N-dealkylation sites (N-methyl/N-ethyl adjacent to an activating group) is 1. The van der Waals surface area contributed by atoms with Crippen molar-refractivity contribution in [2.45, 2.75) is 31.7 Å². The number of fused-ring (bicyclic) bond motifs is 1. The van der Waals surface area contributed by atoms with Gasteiger partial charge in [0.05, 0.1) is 5.88 Å². The van der Waals surface area contributed by atoms with Crippen LogP contribution in [-0.4, -0.2) is 39.6 Å². The third-order valence-electron chi connectivity index (χ3n) is 3.83. The highest BCUT2D eigenvalue weighted by Crippen LogP contribution is 2.27. The van der Waals surface area contributed by atoms with Gasteiger partial charge in [-0.3, -0.25) is 0 Å². The molecule has 1 fully saturated rings. The third-order valence-corrected chi connectivity index (χ3v) is 4.07. The lowest BCUT2D eigenvalue weighted by molar-refractivity contribution is 0.212. The van der Waals surface area contributed by atoms with Gasteiger partial charge in [0, 0.05) is 18.3 Å². The van der Waals surface area contributed by atoms with Gasteiger partial charge in [-0.25, -0.2) is 9.97 Å². The highest BCUT2D eigenvalue weighted by atomic mass is 35.5. The lowest BCUT2D eigenvalue weighted by Crippen LogP contribution is -2.34. The molecule has 1 unspecified atom stereocenters. The average Bonchev–Trinajstić information content (AvgIpc) is 2.76. The second-order valence-corrected chi connectivity index (χ2v) is 5.65. The molecule has 0 bridgehead atoms. The number of alkyl halides is 1. The van der Waals surface area contributed by atoms with Gasteiger partial charge in [-0.05, 0) is 45.5 Å². The molecule has 19 heavy (non-hydrogen) atoms. The fourth-order valence-electron chi connectivity index (χ4n) is 2.94. The molecule has 3 rings (SSSR count). The Balaban J connectivity index is 2.11. The molecule has 5 heteroatoms. The molecule has 0 saturated carbocycles. The fraction of sp³-hybridized carbons (Fsp3) is 0.571. The number of pyridine rings is 1. The summed E-state index contributed by atoms with van der Waals surface area (Å²) in [6.07, 6.45) is 2.39. The molecule has 1 atom stereocenters. The second-order valence-electron chi connectivity index (χ2n) is 5.39. The predicted molar refractivity (Wildman–Crippen MR) is 77.6 cm³/mol. The SMILES string of the molecule is Cc1ccc2nc(CCl)n(C3CCCN(C)C3)c2n1. The molecule has 0 spiro atoms. The molecule has 0 aliphatic carbocycles. The van der Waals surface area contributed by atoms with Crippen LogP contribution in [0.25, 0.3) is 11.2 Å². The minimum atomic E-state index is 0.437. The van der Waals surface area contributed by atoms with Crippen molar-refractivity contribution >= 4 is 22.8 Å². The second kappa shape index (κ2) is 5.10. The topological polar surface area (TPSA) is 34.0 Å². The molecule has 0 N–H and O–H groups in total. The smallest absolute Gasteiger partial charge is 0.160 e. The van der Waals surface area contributed by atoms with E-state index in [0.29, 0.717) is 11.9 Å². The summed E-state index contributed by atoms with van der Waals surface area (Å²) >= 11 is 6.07. The number of halogens is 1. The van der Waals surface area contributed by atoms with Gasteiger partial charge >= 0.3 is 0 Å². The van der Waals surface area contributed by atoms with E-state index in [9.17, 15) is 0 Å². The Kier molecular flexibility index (Phi) is 3.46. The van der Waals surface area contributed by atoms with Gasteiger partial charge in [0.15, 0.2) is 5.65 Å². The van der Waals surface area contributed by atoms with E-state index in [0.717, 1.165) is 29.2 Å². The minimum Gasteiger partial charge on any atom is -0.307 e. The zero-order valence-electron chi connectivity index (χ0n) is 11.4. The van der Waals surface area contributed by atoms with Crippen LogP contribution in [0.2, 0.25) is 0 Å². The average molecular weight is 279 g/mol. The molecule has 102 valence electrons. The van der Waals surface area contributed by atoms with Crippen molar-refractivity contribution in [2.24, 2.45) is 0 Å². The first-order chi connectivity index (χ1) is 9.19. The Morgan fingerprint density at radius 3 is 2.95 bits per heavy atom. The summed E-state index contributed by atoms with van der Waals surface area (Å²) in [6, 6.07) is 4.48. The number of imidazole rings is 1.